The summed E-state index contributed by atoms with van der Waals surface area (Å²) < 4.78 is 5.95. The van der Waals surface area contributed by atoms with Gasteiger partial charge in [0.15, 0.2) is 0 Å². The van der Waals surface area contributed by atoms with Gasteiger partial charge in [0.25, 0.3) is 0 Å². The molecule has 2 nitrogen and oxygen atoms in total. The molecule has 1 saturated heterocycles. The average molecular weight is 265 g/mol. The minimum Gasteiger partial charge on any atom is -0.378 e. The average Bonchev–Trinajstić information content (AvgIpc) is 3.04. The van der Waals surface area contributed by atoms with Crippen LogP contribution in [0.4, 0.5) is 0 Å². The van der Waals surface area contributed by atoms with Gasteiger partial charge in [0.05, 0.1) is 6.10 Å². The van der Waals surface area contributed by atoms with Crippen LogP contribution in [0.15, 0.2) is 0 Å². The molecule has 5 unspecified atom stereocenters. The fourth-order valence-electron chi connectivity index (χ4n) is 4.95. The van der Waals surface area contributed by atoms with Gasteiger partial charge < -0.3 is 10.1 Å². The fourth-order valence-corrected chi connectivity index (χ4v) is 4.95. The van der Waals surface area contributed by atoms with E-state index in [0.717, 1.165) is 30.9 Å². The third-order valence-corrected chi connectivity index (χ3v) is 6.25. The maximum atomic E-state index is 5.95. The van der Waals surface area contributed by atoms with Crippen molar-refractivity contribution in [1.29, 1.82) is 0 Å². The van der Waals surface area contributed by atoms with Crippen molar-refractivity contribution < 1.29 is 4.74 Å². The Hall–Kier alpha value is -0.0800. The van der Waals surface area contributed by atoms with Crippen molar-refractivity contribution in [1.82, 2.24) is 5.32 Å². The Labute approximate surface area is 118 Å². The molecule has 2 heteroatoms. The molecule has 0 aromatic carbocycles. The summed E-state index contributed by atoms with van der Waals surface area (Å²) in [6.45, 7) is 8.95. The predicted octanol–water partition coefficient (Wildman–Crippen LogP) is 3.61. The van der Waals surface area contributed by atoms with Crippen LogP contribution < -0.4 is 5.32 Å². The van der Waals surface area contributed by atoms with Gasteiger partial charge in [0, 0.05) is 24.6 Å². The normalized spacial score (nSPS) is 45.5. The van der Waals surface area contributed by atoms with Gasteiger partial charge >= 0.3 is 0 Å². The van der Waals surface area contributed by atoms with Crippen molar-refractivity contribution in [3.05, 3.63) is 0 Å². The van der Waals surface area contributed by atoms with E-state index >= 15 is 0 Å². The maximum Gasteiger partial charge on any atom is 0.0616 e. The Morgan fingerprint density at radius 2 is 2.11 bits per heavy atom. The Bertz CT molecular complexity index is 316. The van der Waals surface area contributed by atoms with Gasteiger partial charge in [-0.1, -0.05) is 20.3 Å². The van der Waals surface area contributed by atoms with E-state index in [1.807, 2.05) is 0 Å². The zero-order valence-corrected chi connectivity index (χ0v) is 13.0. The molecule has 3 aliphatic rings. The zero-order valence-electron chi connectivity index (χ0n) is 13.0. The highest BCUT2D eigenvalue weighted by molar-refractivity contribution is 4.98. The second-order valence-electron chi connectivity index (χ2n) is 7.80. The first-order valence-electron chi connectivity index (χ1n) is 8.44. The highest BCUT2D eigenvalue weighted by Crippen LogP contribution is 2.53. The van der Waals surface area contributed by atoms with Crippen LogP contribution in [-0.4, -0.2) is 25.3 Å². The standard InChI is InChI=1S/C17H31NO/c1-12(2)18-11-17(6-7-19-13(17)3)10-16-9-14-4-5-15(16)8-14/h12-16,18H,4-11H2,1-3H3. The smallest absolute Gasteiger partial charge is 0.0616 e. The van der Waals surface area contributed by atoms with Gasteiger partial charge in [-0.2, -0.15) is 0 Å². The van der Waals surface area contributed by atoms with Gasteiger partial charge in [-0.25, -0.2) is 0 Å². The van der Waals surface area contributed by atoms with E-state index in [0.29, 0.717) is 17.6 Å². The molecule has 0 aromatic rings. The molecule has 2 bridgehead atoms. The molecule has 5 atom stereocenters. The molecular formula is C17H31NO. The molecule has 1 N–H and O–H groups in total. The van der Waals surface area contributed by atoms with E-state index in [1.54, 1.807) is 0 Å². The van der Waals surface area contributed by atoms with Gasteiger partial charge in [0.2, 0.25) is 0 Å². The summed E-state index contributed by atoms with van der Waals surface area (Å²) in [5, 5.41) is 3.70. The lowest BCUT2D eigenvalue weighted by Gasteiger charge is -2.38. The van der Waals surface area contributed by atoms with Crippen LogP contribution in [0.1, 0.15) is 59.3 Å². The summed E-state index contributed by atoms with van der Waals surface area (Å²) in [4.78, 5) is 0. The molecule has 3 fully saturated rings. The van der Waals surface area contributed by atoms with Crippen LogP contribution in [0.25, 0.3) is 0 Å². The van der Waals surface area contributed by atoms with Crippen molar-refractivity contribution in [2.45, 2.75) is 71.4 Å². The molecule has 110 valence electrons. The number of nitrogens with one attached hydrogen (secondary N) is 1. The largest absolute Gasteiger partial charge is 0.378 e. The van der Waals surface area contributed by atoms with E-state index in [4.69, 9.17) is 4.74 Å². The highest BCUT2D eigenvalue weighted by Gasteiger charge is 2.47. The lowest BCUT2D eigenvalue weighted by Crippen LogP contribution is -2.43. The molecule has 0 radical (unpaired) electrons. The van der Waals surface area contributed by atoms with Crippen molar-refractivity contribution in [3.63, 3.8) is 0 Å². The monoisotopic (exact) mass is 265 g/mol. The minimum absolute atomic E-state index is 0.416. The molecule has 19 heavy (non-hydrogen) atoms. The molecular weight excluding hydrogens is 234 g/mol. The van der Waals surface area contributed by atoms with E-state index < -0.39 is 0 Å². The van der Waals surface area contributed by atoms with Crippen LogP contribution in [0, 0.1) is 23.2 Å². The summed E-state index contributed by atoms with van der Waals surface area (Å²) in [5.41, 5.74) is 0.416. The second kappa shape index (κ2) is 5.37. The number of hydrogen-bond donors (Lipinski definition) is 1. The summed E-state index contributed by atoms with van der Waals surface area (Å²) >= 11 is 0. The predicted molar refractivity (Wildman–Crippen MR) is 79.2 cm³/mol. The summed E-state index contributed by atoms with van der Waals surface area (Å²) in [6, 6.07) is 0.588. The topological polar surface area (TPSA) is 21.3 Å². The summed E-state index contributed by atoms with van der Waals surface area (Å²) in [7, 11) is 0. The number of hydrogen-bond acceptors (Lipinski definition) is 2. The molecule has 2 saturated carbocycles. The fraction of sp³-hybridized carbons (Fsp3) is 1.00. The molecule has 3 rings (SSSR count). The molecule has 0 spiro atoms. The van der Waals surface area contributed by atoms with Gasteiger partial charge in [-0.05, 0) is 56.8 Å². The first-order chi connectivity index (χ1) is 9.09. The van der Waals surface area contributed by atoms with E-state index in [9.17, 15) is 0 Å². The van der Waals surface area contributed by atoms with E-state index in [1.165, 1.54) is 38.5 Å². The van der Waals surface area contributed by atoms with E-state index in [-0.39, 0.29) is 0 Å². The van der Waals surface area contributed by atoms with Crippen LogP contribution in [0.2, 0.25) is 0 Å². The first-order valence-corrected chi connectivity index (χ1v) is 8.44. The van der Waals surface area contributed by atoms with Crippen molar-refractivity contribution in [3.8, 4) is 0 Å². The Kier molecular flexibility index (Phi) is 3.92. The van der Waals surface area contributed by atoms with Crippen LogP contribution in [-0.2, 0) is 4.74 Å². The Morgan fingerprint density at radius 3 is 2.63 bits per heavy atom. The van der Waals surface area contributed by atoms with Crippen molar-refractivity contribution in [2.24, 2.45) is 23.2 Å². The summed E-state index contributed by atoms with van der Waals surface area (Å²) in [5.74, 6) is 3.12. The number of fused-ring (bicyclic) bond motifs is 2. The molecule has 2 aliphatic carbocycles. The number of ether oxygens (including phenoxy) is 1. The quantitative estimate of drug-likeness (QED) is 0.820. The van der Waals surface area contributed by atoms with Crippen LogP contribution in [0.3, 0.4) is 0 Å². The molecule has 1 heterocycles. The third kappa shape index (κ3) is 2.71. The van der Waals surface area contributed by atoms with Gasteiger partial charge in [0.1, 0.15) is 0 Å². The van der Waals surface area contributed by atoms with Crippen molar-refractivity contribution >= 4 is 0 Å². The van der Waals surface area contributed by atoms with E-state index in [2.05, 4.69) is 26.1 Å². The lowest BCUT2D eigenvalue weighted by molar-refractivity contribution is 0.0418. The SMILES string of the molecule is CC(C)NCC1(CC2CC3CCC2C3)CCOC1C. The summed E-state index contributed by atoms with van der Waals surface area (Å²) in [6.07, 6.45) is 9.20. The van der Waals surface area contributed by atoms with Gasteiger partial charge in [-0.3, -0.25) is 0 Å². The maximum absolute atomic E-state index is 5.95. The number of rotatable bonds is 5. The molecule has 0 amide bonds. The van der Waals surface area contributed by atoms with Crippen LogP contribution in [0.5, 0.6) is 0 Å². The Morgan fingerprint density at radius 1 is 1.26 bits per heavy atom. The lowest BCUT2D eigenvalue weighted by atomic mass is 9.70. The minimum atomic E-state index is 0.416. The Balaban J connectivity index is 1.65. The first kappa shape index (κ1) is 13.9. The van der Waals surface area contributed by atoms with Crippen molar-refractivity contribution in [2.75, 3.05) is 13.2 Å². The highest BCUT2D eigenvalue weighted by atomic mass is 16.5. The second-order valence-corrected chi connectivity index (χ2v) is 7.80. The van der Waals surface area contributed by atoms with Crippen LogP contribution >= 0.6 is 0 Å². The van der Waals surface area contributed by atoms with Gasteiger partial charge in [-0.15, -0.1) is 0 Å². The third-order valence-electron chi connectivity index (χ3n) is 6.25. The molecule has 1 aliphatic heterocycles. The molecule has 0 aromatic heterocycles. The zero-order chi connectivity index (χ0) is 13.5.